The van der Waals surface area contributed by atoms with Gasteiger partial charge in [-0.15, -0.1) is 10.2 Å². The number of amides is 2. The smallest absolute Gasteiger partial charge is 0.234 e. The van der Waals surface area contributed by atoms with Crippen LogP contribution in [0.2, 0.25) is 5.02 Å². The molecule has 0 bridgehead atoms. The molecular weight excluding hydrogens is 422 g/mol. The van der Waals surface area contributed by atoms with Crippen molar-refractivity contribution in [1.29, 1.82) is 0 Å². The van der Waals surface area contributed by atoms with Crippen molar-refractivity contribution in [2.24, 2.45) is 7.05 Å². The van der Waals surface area contributed by atoms with Crippen molar-refractivity contribution in [1.82, 2.24) is 20.1 Å². The normalized spacial score (nSPS) is 10.6. The first-order chi connectivity index (χ1) is 14.4. The third-order valence-electron chi connectivity index (χ3n) is 4.37. The molecule has 0 aliphatic rings. The van der Waals surface area contributed by atoms with Crippen LogP contribution in [0.1, 0.15) is 17.0 Å². The van der Waals surface area contributed by atoms with E-state index in [4.69, 9.17) is 11.6 Å². The first kappa shape index (κ1) is 21.9. The van der Waals surface area contributed by atoms with Crippen LogP contribution in [-0.2, 0) is 29.6 Å². The lowest BCUT2D eigenvalue weighted by molar-refractivity contribution is -0.120. The zero-order valence-electron chi connectivity index (χ0n) is 16.7. The average Bonchev–Trinajstić information content (AvgIpc) is 3.07. The summed E-state index contributed by atoms with van der Waals surface area (Å²) in [5.74, 6) is 0.573. The molecule has 0 aliphatic heterocycles. The molecule has 2 aromatic carbocycles. The van der Waals surface area contributed by atoms with Crippen LogP contribution in [-0.4, -0.2) is 32.3 Å². The van der Waals surface area contributed by atoms with Crippen molar-refractivity contribution in [2.75, 3.05) is 11.1 Å². The maximum absolute atomic E-state index is 12.3. The summed E-state index contributed by atoms with van der Waals surface area (Å²) < 4.78 is 1.77. The van der Waals surface area contributed by atoms with E-state index in [0.29, 0.717) is 22.4 Å². The molecule has 1 aromatic heterocycles. The fourth-order valence-corrected chi connectivity index (χ4v) is 3.69. The molecular formula is C21H22ClN5O2S. The van der Waals surface area contributed by atoms with Crippen molar-refractivity contribution in [2.45, 2.75) is 25.0 Å². The van der Waals surface area contributed by atoms with Crippen molar-refractivity contribution in [3.8, 4) is 0 Å². The lowest BCUT2D eigenvalue weighted by Gasteiger charge is -2.09. The van der Waals surface area contributed by atoms with Gasteiger partial charge in [-0.25, -0.2) is 0 Å². The van der Waals surface area contributed by atoms with E-state index in [9.17, 15) is 9.59 Å². The predicted octanol–water partition coefficient (Wildman–Crippen LogP) is 3.37. The molecule has 0 saturated heterocycles. The summed E-state index contributed by atoms with van der Waals surface area (Å²) in [6.45, 7) is 2.15. The molecule has 0 aliphatic carbocycles. The largest absolute Gasteiger partial charge is 0.349 e. The van der Waals surface area contributed by atoms with Crippen LogP contribution in [0, 0.1) is 6.92 Å². The summed E-state index contributed by atoms with van der Waals surface area (Å²) in [6, 6.07) is 14.8. The Hall–Kier alpha value is -2.84. The molecule has 2 amide bonds. The van der Waals surface area contributed by atoms with E-state index in [1.165, 1.54) is 11.8 Å². The van der Waals surface area contributed by atoms with E-state index in [-0.39, 0.29) is 24.1 Å². The number of benzene rings is 2. The Balaban J connectivity index is 1.48. The van der Waals surface area contributed by atoms with Gasteiger partial charge in [0.25, 0.3) is 0 Å². The fourth-order valence-electron chi connectivity index (χ4n) is 2.73. The van der Waals surface area contributed by atoms with Gasteiger partial charge in [-0.2, -0.15) is 0 Å². The number of thioether (sulfide) groups is 1. The molecule has 0 atom stereocenters. The van der Waals surface area contributed by atoms with Gasteiger partial charge in [-0.1, -0.05) is 53.7 Å². The number of aryl methyl sites for hydroxylation is 1. The summed E-state index contributed by atoms with van der Waals surface area (Å²) >= 11 is 7.22. The number of anilines is 1. The molecule has 0 saturated carbocycles. The molecule has 0 fully saturated rings. The van der Waals surface area contributed by atoms with Gasteiger partial charge >= 0.3 is 0 Å². The second kappa shape index (κ2) is 10.3. The first-order valence-corrected chi connectivity index (χ1v) is 10.7. The Morgan fingerprint density at radius 2 is 1.87 bits per heavy atom. The van der Waals surface area contributed by atoms with Gasteiger partial charge in [0.2, 0.25) is 11.8 Å². The van der Waals surface area contributed by atoms with Gasteiger partial charge in [0.15, 0.2) is 11.0 Å². The number of carbonyl (C=O) groups excluding carboxylic acids is 2. The number of rotatable bonds is 8. The third-order valence-corrected chi connectivity index (χ3v) is 5.63. The first-order valence-electron chi connectivity index (χ1n) is 9.30. The third kappa shape index (κ3) is 6.08. The van der Waals surface area contributed by atoms with Gasteiger partial charge in [0, 0.05) is 17.8 Å². The van der Waals surface area contributed by atoms with Crippen LogP contribution in [0.15, 0.2) is 53.7 Å². The number of nitrogens with one attached hydrogen (secondary N) is 2. The lowest BCUT2D eigenvalue weighted by Crippen LogP contribution is -2.26. The van der Waals surface area contributed by atoms with Crippen molar-refractivity contribution >= 4 is 40.9 Å². The molecule has 156 valence electrons. The molecule has 9 heteroatoms. The molecule has 0 spiro atoms. The summed E-state index contributed by atoms with van der Waals surface area (Å²) in [6.07, 6.45) is 0.310. The minimum atomic E-state index is -0.147. The molecule has 30 heavy (non-hydrogen) atoms. The fraction of sp³-hybridized carbons (Fsp3) is 0.238. The lowest BCUT2D eigenvalue weighted by atomic mass is 10.1. The minimum absolute atomic E-state index is 0.0869. The Morgan fingerprint density at radius 1 is 1.10 bits per heavy atom. The van der Waals surface area contributed by atoms with Crippen LogP contribution >= 0.6 is 23.4 Å². The van der Waals surface area contributed by atoms with Crippen LogP contribution in [0.3, 0.4) is 0 Å². The Kier molecular flexibility index (Phi) is 7.48. The van der Waals surface area contributed by atoms with E-state index in [1.807, 2.05) is 44.3 Å². The molecule has 3 aromatic rings. The van der Waals surface area contributed by atoms with Crippen LogP contribution in [0.5, 0.6) is 0 Å². The number of nitrogens with zero attached hydrogens (tertiary/aromatic N) is 3. The summed E-state index contributed by atoms with van der Waals surface area (Å²) in [4.78, 5) is 24.4. The highest BCUT2D eigenvalue weighted by molar-refractivity contribution is 7.99. The maximum atomic E-state index is 12.3. The number of halogens is 1. The van der Waals surface area contributed by atoms with Gasteiger partial charge in [-0.3, -0.25) is 9.59 Å². The van der Waals surface area contributed by atoms with E-state index < -0.39 is 0 Å². The zero-order chi connectivity index (χ0) is 21.5. The number of hydrogen-bond acceptors (Lipinski definition) is 5. The second-order valence-corrected chi connectivity index (χ2v) is 8.07. The number of hydrogen-bond donors (Lipinski definition) is 2. The highest BCUT2D eigenvalue weighted by atomic mass is 35.5. The summed E-state index contributed by atoms with van der Waals surface area (Å²) in [5.41, 5.74) is 2.57. The average molecular weight is 444 g/mol. The zero-order valence-corrected chi connectivity index (χ0v) is 18.3. The second-order valence-electron chi connectivity index (χ2n) is 6.69. The summed E-state index contributed by atoms with van der Waals surface area (Å²) in [5, 5.41) is 15.2. The maximum Gasteiger partial charge on any atom is 0.234 e. The van der Waals surface area contributed by atoms with Crippen molar-refractivity contribution in [3.63, 3.8) is 0 Å². The highest BCUT2D eigenvalue weighted by Gasteiger charge is 2.13. The van der Waals surface area contributed by atoms with E-state index in [1.54, 1.807) is 22.8 Å². The van der Waals surface area contributed by atoms with Gasteiger partial charge < -0.3 is 15.2 Å². The molecule has 7 nitrogen and oxygen atoms in total. The monoisotopic (exact) mass is 443 g/mol. The number of carbonyl (C=O) groups is 2. The Morgan fingerprint density at radius 3 is 2.60 bits per heavy atom. The highest BCUT2D eigenvalue weighted by Crippen LogP contribution is 2.21. The van der Waals surface area contributed by atoms with Gasteiger partial charge in [0.1, 0.15) is 0 Å². The molecule has 0 unspecified atom stereocenters. The van der Waals surface area contributed by atoms with E-state index in [2.05, 4.69) is 20.8 Å². The van der Waals surface area contributed by atoms with E-state index >= 15 is 0 Å². The van der Waals surface area contributed by atoms with Crippen molar-refractivity contribution in [3.05, 3.63) is 70.5 Å². The van der Waals surface area contributed by atoms with Crippen LogP contribution in [0.4, 0.5) is 5.69 Å². The van der Waals surface area contributed by atoms with Crippen LogP contribution in [0.25, 0.3) is 0 Å². The van der Waals surface area contributed by atoms with Gasteiger partial charge in [-0.05, 0) is 36.2 Å². The quantitative estimate of drug-likeness (QED) is 0.521. The SMILES string of the molecule is Cc1cc(Cl)ccc1NC(=O)CSc1nnc(CNC(=O)Cc2ccccc2)n1C. The molecule has 3 rings (SSSR count). The van der Waals surface area contributed by atoms with Crippen molar-refractivity contribution < 1.29 is 9.59 Å². The molecule has 2 N–H and O–H groups in total. The summed E-state index contributed by atoms with van der Waals surface area (Å²) in [7, 11) is 1.81. The Labute approximate surface area is 184 Å². The number of aromatic nitrogens is 3. The van der Waals surface area contributed by atoms with E-state index in [0.717, 1.165) is 16.8 Å². The van der Waals surface area contributed by atoms with Crippen LogP contribution < -0.4 is 10.6 Å². The topological polar surface area (TPSA) is 88.9 Å². The minimum Gasteiger partial charge on any atom is -0.349 e. The molecule has 0 radical (unpaired) electrons. The predicted molar refractivity (Wildman–Crippen MR) is 119 cm³/mol. The van der Waals surface area contributed by atoms with Gasteiger partial charge in [0.05, 0.1) is 18.7 Å². The Bertz CT molecular complexity index is 1040. The molecule has 1 heterocycles. The standard InChI is InChI=1S/C21H22ClN5O2S/c1-14-10-16(22)8-9-17(14)24-20(29)13-30-21-26-25-18(27(21)2)12-23-19(28)11-15-6-4-3-5-7-15/h3-10H,11-13H2,1-2H3,(H,23,28)(H,24,29).